The van der Waals surface area contributed by atoms with Gasteiger partial charge in [-0.2, -0.15) is 0 Å². The van der Waals surface area contributed by atoms with Gasteiger partial charge in [-0.3, -0.25) is 14.3 Å². The highest BCUT2D eigenvalue weighted by molar-refractivity contribution is 7.92. The molecule has 8 heteroatoms. The second kappa shape index (κ2) is 9.46. The van der Waals surface area contributed by atoms with Gasteiger partial charge in [0.05, 0.1) is 28.7 Å². The lowest BCUT2D eigenvalue weighted by atomic mass is 9.90. The lowest BCUT2D eigenvalue weighted by molar-refractivity contribution is -0.132. The summed E-state index contributed by atoms with van der Waals surface area (Å²) >= 11 is 0. The summed E-state index contributed by atoms with van der Waals surface area (Å²) in [4.78, 5) is 27.1. The number of hydrogen-bond acceptors (Lipinski definition) is 4. The number of nitrogens with one attached hydrogen (secondary N) is 2. The Morgan fingerprint density at radius 3 is 2.27 bits per heavy atom. The molecule has 3 aromatic rings. The van der Waals surface area contributed by atoms with Crippen molar-refractivity contribution >= 4 is 33.2 Å². The van der Waals surface area contributed by atoms with E-state index in [0.29, 0.717) is 12.2 Å². The summed E-state index contributed by atoms with van der Waals surface area (Å²) < 4.78 is 28.0. The van der Waals surface area contributed by atoms with Crippen LogP contribution in [0.3, 0.4) is 0 Å². The van der Waals surface area contributed by atoms with Crippen LogP contribution >= 0.6 is 0 Å². The Kier molecular flexibility index (Phi) is 6.46. The molecule has 33 heavy (non-hydrogen) atoms. The number of carbonyl (C=O) groups excluding carboxylic acids is 2. The van der Waals surface area contributed by atoms with Crippen LogP contribution in [0.25, 0.3) is 0 Å². The number of hydrogen-bond donors (Lipinski definition) is 2. The number of para-hydroxylation sites is 2. The summed E-state index contributed by atoms with van der Waals surface area (Å²) in [6, 6.07) is 22.1. The molecule has 0 spiro atoms. The van der Waals surface area contributed by atoms with Crippen molar-refractivity contribution in [3.8, 4) is 0 Å². The Labute approximate surface area is 193 Å². The molecular formula is C25H25N3O4S. The monoisotopic (exact) mass is 463 g/mol. The van der Waals surface area contributed by atoms with Crippen LogP contribution in [0, 0.1) is 0 Å². The van der Waals surface area contributed by atoms with E-state index in [4.69, 9.17) is 0 Å². The van der Waals surface area contributed by atoms with Crippen LogP contribution in [0.4, 0.5) is 11.4 Å². The first kappa shape index (κ1) is 22.5. The Morgan fingerprint density at radius 2 is 1.55 bits per heavy atom. The summed E-state index contributed by atoms with van der Waals surface area (Å²) in [6.45, 7) is 2.06. The number of rotatable bonds is 6. The molecule has 0 fully saturated rings. The molecule has 1 unspecified atom stereocenters. The van der Waals surface area contributed by atoms with Crippen molar-refractivity contribution in [3.63, 3.8) is 0 Å². The van der Waals surface area contributed by atoms with Crippen LogP contribution in [0.2, 0.25) is 0 Å². The van der Waals surface area contributed by atoms with E-state index >= 15 is 0 Å². The molecule has 3 aromatic carbocycles. The van der Waals surface area contributed by atoms with Gasteiger partial charge in [-0.1, -0.05) is 54.6 Å². The van der Waals surface area contributed by atoms with Gasteiger partial charge in [0.15, 0.2) is 0 Å². The summed E-state index contributed by atoms with van der Waals surface area (Å²) in [5.41, 5.74) is 2.71. The third kappa shape index (κ3) is 5.06. The molecule has 1 aliphatic rings. The summed E-state index contributed by atoms with van der Waals surface area (Å²) in [5, 5.41) is 2.82. The minimum Gasteiger partial charge on any atom is -0.335 e. The fourth-order valence-corrected chi connectivity index (χ4v) is 5.21. The minimum absolute atomic E-state index is 0.0658. The van der Waals surface area contributed by atoms with Crippen molar-refractivity contribution in [2.45, 2.75) is 30.7 Å². The number of fused-ring (bicyclic) bond motifs is 1. The highest BCUT2D eigenvalue weighted by Gasteiger charge is 2.30. The van der Waals surface area contributed by atoms with E-state index in [1.807, 2.05) is 24.3 Å². The molecule has 0 saturated carbocycles. The molecule has 2 N–H and O–H groups in total. The van der Waals surface area contributed by atoms with Crippen LogP contribution in [0.5, 0.6) is 0 Å². The largest absolute Gasteiger partial charge is 0.335 e. The van der Waals surface area contributed by atoms with Gasteiger partial charge in [0.25, 0.3) is 10.0 Å². The third-order valence-electron chi connectivity index (χ3n) is 5.69. The second-order valence-electron chi connectivity index (χ2n) is 7.89. The van der Waals surface area contributed by atoms with Crippen LogP contribution in [-0.2, 0) is 26.0 Å². The number of anilines is 2. The molecule has 0 bridgehead atoms. The van der Waals surface area contributed by atoms with Crippen molar-refractivity contribution in [3.05, 3.63) is 90.0 Å². The van der Waals surface area contributed by atoms with Gasteiger partial charge >= 0.3 is 0 Å². The molecule has 0 radical (unpaired) electrons. The highest BCUT2D eigenvalue weighted by Crippen LogP contribution is 2.33. The van der Waals surface area contributed by atoms with Crippen molar-refractivity contribution in [2.75, 3.05) is 16.6 Å². The Bertz CT molecular complexity index is 1280. The SMILES string of the molecule is CC(=O)N1CCc2ccccc2C1CC(=O)Nc1ccccc1NS(=O)(=O)c1ccccc1. The van der Waals surface area contributed by atoms with Crippen LogP contribution in [0.15, 0.2) is 83.8 Å². The lowest BCUT2D eigenvalue weighted by Crippen LogP contribution is -2.40. The highest BCUT2D eigenvalue weighted by atomic mass is 32.2. The van der Waals surface area contributed by atoms with Gasteiger partial charge in [-0.15, -0.1) is 0 Å². The van der Waals surface area contributed by atoms with E-state index in [1.54, 1.807) is 47.4 Å². The zero-order valence-electron chi connectivity index (χ0n) is 18.2. The van der Waals surface area contributed by atoms with E-state index < -0.39 is 10.0 Å². The molecule has 1 atom stereocenters. The van der Waals surface area contributed by atoms with Crippen LogP contribution < -0.4 is 10.0 Å². The van der Waals surface area contributed by atoms with E-state index in [2.05, 4.69) is 10.0 Å². The predicted octanol–water partition coefficient (Wildman–Crippen LogP) is 3.96. The molecule has 0 saturated heterocycles. The molecule has 4 rings (SSSR count). The fourth-order valence-electron chi connectivity index (χ4n) is 4.11. The first-order valence-electron chi connectivity index (χ1n) is 10.7. The molecule has 1 aliphatic heterocycles. The standard InChI is InChI=1S/C25H25N3O4S/c1-18(29)28-16-15-19-9-5-6-12-21(19)24(28)17-25(30)26-22-13-7-8-14-23(22)27-33(31,32)20-10-3-2-4-11-20/h2-14,24,27H,15-17H2,1H3,(H,26,30). The van der Waals surface area contributed by atoms with Crippen LogP contribution in [0.1, 0.15) is 30.5 Å². The van der Waals surface area contributed by atoms with Crippen molar-refractivity contribution in [1.82, 2.24) is 4.90 Å². The van der Waals surface area contributed by atoms with Crippen molar-refractivity contribution < 1.29 is 18.0 Å². The Hall–Kier alpha value is -3.65. The molecule has 0 aliphatic carbocycles. The number of amides is 2. The van der Waals surface area contributed by atoms with E-state index in [0.717, 1.165) is 17.5 Å². The minimum atomic E-state index is -3.81. The first-order chi connectivity index (χ1) is 15.8. The number of sulfonamides is 1. The number of nitrogens with zero attached hydrogens (tertiary/aromatic N) is 1. The zero-order valence-corrected chi connectivity index (χ0v) is 19.0. The molecular weight excluding hydrogens is 438 g/mol. The second-order valence-corrected chi connectivity index (χ2v) is 9.58. The quantitative estimate of drug-likeness (QED) is 0.578. The molecule has 170 valence electrons. The summed E-state index contributed by atoms with van der Waals surface area (Å²) in [6.07, 6.45) is 0.814. The molecule has 2 amide bonds. The van der Waals surface area contributed by atoms with Crippen LogP contribution in [-0.4, -0.2) is 31.7 Å². The average molecular weight is 464 g/mol. The molecule has 1 heterocycles. The van der Waals surface area contributed by atoms with Gasteiger partial charge in [-0.25, -0.2) is 8.42 Å². The number of carbonyl (C=O) groups is 2. The third-order valence-corrected chi connectivity index (χ3v) is 7.08. The average Bonchev–Trinajstić information content (AvgIpc) is 2.81. The first-order valence-corrected chi connectivity index (χ1v) is 12.2. The number of benzene rings is 3. The van der Waals surface area contributed by atoms with E-state index in [9.17, 15) is 18.0 Å². The van der Waals surface area contributed by atoms with Crippen molar-refractivity contribution in [1.29, 1.82) is 0 Å². The smallest absolute Gasteiger partial charge is 0.261 e. The molecule has 7 nitrogen and oxygen atoms in total. The van der Waals surface area contributed by atoms with Gasteiger partial charge in [-0.05, 0) is 41.8 Å². The van der Waals surface area contributed by atoms with Gasteiger partial charge in [0, 0.05) is 13.5 Å². The predicted molar refractivity (Wildman–Crippen MR) is 127 cm³/mol. The van der Waals surface area contributed by atoms with Gasteiger partial charge < -0.3 is 10.2 Å². The summed E-state index contributed by atoms with van der Waals surface area (Å²) in [5.74, 6) is -0.396. The maximum atomic E-state index is 13.0. The topological polar surface area (TPSA) is 95.6 Å². The Balaban J connectivity index is 1.54. The Morgan fingerprint density at radius 1 is 0.909 bits per heavy atom. The maximum Gasteiger partial charge on any atom is 0.261 e. The summed E-state index contributed by atoms with van der Waals surface area (Å²) in [7, 11) is -3.81. The maximum absolute atomic E-state index is 13.0. The molecule has 0 aromatic heterocycles. The van der Waals surface area contributed by atoms with Crippen molar-refractivity contribution in [2.24, 2.45) is 0 Å². The fraction of sp³-hybridized carbons (Fsp3) is 0.200. The van der Waals surface area contributed by atoms with Gasteiger partial charge in [0.1, 0.15) is 0 Å². The zero-order chi connectivity index (χ0) is 23.4. The lowest BCUT2D eigenvalue weighted by Gasteiger charge is -2.36. The normalized spacial score (nSPS) is 15.4. The van der Waals surface area contributed by atoms with E-state index in [1.165, 1.54) is 19.1 Å². The van der Waals surface area contributed by atoms with E-state index in [-0.39, 0.29) is 34.9 Å². The van der Waals surface area contributed by atoms with Gasteiger partial charge in [0.2, 0.25) is 11.8 Å².